The van der Waals surface area contributed by atoms with Gasteiger partial charge in [-0.1, -0.05) is 0 Å². The molecule has 2 N–H and O–H groups in total. The zero-order valence-corrected chi connectivity index (χ0v) is 18.4. The standard InChI is InChI=1S/C19H20F3N3O5S2/c1-30-8-7-25(13-2-3-13)32(28,29)14-4-5-16(19(20,21)22)15(10-14)18(27)24-23-17(26)12-6-9-31-11-12/h4-6,9-11,13H,2-3,7-8H2,1H3,(H,23,26)(H,24,27). The summed E-state index contributed by atoms with van der Waals surface area (Å²) in [6, 6.07) is 3.24. The SMILES string of the molecule is COCCN(C1CC1)S(=O)(=O)c1ccc(C(F)(F)F)c(C(=O)NNC(=O)c2ccsc2)c1. The summed E-state index contributed by atoms with van der Waals surface area (Å²) >= 11 is 1.22. The van der Waals surface area contributed by atoms with Gasteiger partial charge in [0.15, 0.2) is 0 Å². The molecule has 0 spiro atoms. The number of halogens is 3. The Hall–Kier alpha value is -2.48. The Morgan fingerprint density at radius 2 is 1.88 bits per heavy atom. The van der Waals surface area contributed by atoms with Crippen molar-refractivity contribution in [2.24, 2.45) is 0 Å². The topological polar surface area (TPSA) is 105 Å². The lowest BCUT2D eigenvalue weighted by atomic mass is 10.1. The summed E-state index contributed by atoms with van der Waals surface area (Å²) in [4.78, 5) is 24.0. The van der Waals surface area contributed by atoms with Gasteiger partial charge in [-0.3, -0.25) is 20.4 Å². The third-order valence-corrected chi connectivity index (χ3v) is 7.32. The molecule has 1 heterocycles. The minimum absolute atomic E-state index is 0.0305. The largest absolute Gasteiger partial charge is 0.417 e. The first-order valence-corrected chi connectivity index (χ1v) is 11.8. The van der Waals surface area contributed by atoms with E-state index in [2.05, 4.69) is 0 Å². The molecule has 2 aromatic rings. The number of hydrazine groups is 1. The number of thiophene rings is 1. The molecule has 0 radical (unpaired) electrons. The van der Waals surface area contributed by atoms with Crippen molar-refractivity contribution in [2.75, 3.05) is 20.3 Å². The molecule has 0 saturated heterocycles. The summed E-state index contributed by atoms with van der Waals surface area (Å²) in [6.07, 6.45) is -3.66. The number of nitrogens with one attached hydrogen (secondary N) is 2. The lowest BCUT2D eigenvalue weighted by molar-refractivity contribution is -0.138. The third-order valence-electron chi connectivity index (χ3n) is 4.69. The van der Waals surface area contributed by atoms with Gasteiger partial charge in [0.1, 0.15) is 0 Å². The van der Waals surface area contributed by atoms with Gasteiger partial charge in [0.05, 0.1) is 28.2 Å². The first-order valence-electron chi connectivity index (χ1n) is 9.40. The van der Waals surface area contributed by atoms with Crippen LogP contribution in [-0.4, -0.2) is 50.8 Å². The molecule has 0 atom stereocenters. The van der Waals surface area contributed by atoms with E-state index in [4.69, 9.17) is 4.74 Å². The number of hydrogen-bond acceptors (Lipinski definition) is 6. The van der Waals surface area contributed by atoms with Crippen LogP contribution in [0.4, 0.5) is 13.2 Å². The van der Waals surface area contributed by atoms with Crippen molar-refractivity contribution in [3.05, 3.63) is 51.7 Å². The number of hydrogen-bond donors (Lipinski definition) is 2. The number of alkyl halides is 3. The van der Waals surface area contributed by atoms with Gasteiger partial charge in [0.25, 0.3) is 11.8 Å². The molecule has 2 amide bonds. The van der Waals surface area contributed by atoms with Crippen molar-refractivity contribution < 1.29 is 35.9 Å². The molecular weight excluding hydrogens is 471 g/mol. The van der Waals surface area contributed by atoms with E-state index in [1.165, 1.54) is 34.2 Å². The van der Waals surface area contributed by atoms with Crippen LogP contribution in [0, 0.1) is 0 Å². The van der Waals surface area contributed by atoms with E-state index in [0.29, 0.717) is 25.0 Å². The van der Waals surface area contributed by atoms with E-state index in [1.807, 2.05) is 10.9 Å². The number of carbonyl (C=O) groups is 2. The lowest BCUT2D eigenvalue weighted by Gasteiger charge is -2.22. The maximum atomic E-state index is 13.5. The molecule has 1 aromatic carbocycles. The van der Waals surface area contributed by atoms with Crippen molar-refractivity contribution >= 4 is 33.2 Å². The molecule has 0 unspecified atom stereocenters. The lowest BCUT2D eigenvalue weighted by Crippen LogP contribution is -2.42. The van der Waals surface area contributed by atoms with Crippen LogP contribution < -0.4 is 10.9 Å². The molecule has 3 rings (SSSR count). The van der Waals surface area contributed by atoms with E-state index in [0.717, 1.165) is 6.07 Å². The van der Waals surface area contributed by atoms with E-state index in [1.54, 1.807) is 5.38 Å². The molecule has 0 bridgehead atoms. The first kappa shape index (κ1) is 24.2. The first-order chi connectivity index (χ1) is 15.1. The quantitative estimate of drug-likeness (QED) is 0.553. The average Bonchev–Trinajstić information content (AvgIpc) is 3.42. The number of nitrogens with zero attached hydrogens (tertiary/aromatic N) is 1. The number of amides is 2. The predicted molar refractivity (Wildman–Crippen MR) is 109 cm³/mol. The molecule has 32 heavy (non-hydrogen) atoms. The van der Waals surface area contributed by atoms with Crippen molar-refractivity contribution in [3.63, 3.8) is 0 Å². The molecule has 1 aliphatic rings. The van der Waals surface area contributed by atoms with Gasteiger partial charge in [-0.05, 0) is 42.5 Å². The summed E-state index contributed by atoms with van der Waals surface area (Å²) in [6.45, 7) is 0.140. The van der Waals surface area contributed by atoms with Crippen LogP contribution in [0.5, 0.6) is 0 Å². The average molecular weight is 492 g/mol. The molecule has 1 fully saturated rings. The Labute approximate surface area is 186 Å². The number of carbonyl (C=O) groups excluding carboxylic acids is 2. The second-order valence-corrected chi connectivity index (χ2v) is 9.64. The summed E-state index contributed by atoms with van der Waals surface area (Å²) in [5.41, 5.74) is 1.90. The zero-order valence-electron chi connectivity index (χ0n) is 16.8. The third kappa shape index (κ3) is 5.46. The van der Waals surface area contributed by atoms with Crippen LogP contribution in [0.25, 0.3) is 0 Å². The summed E-state index contributed by atoms with van der Waals surface area (Å²) in [7, 11) is -2.77. The highest BCUT2D eigenvalue weighted by Crippen LogP contribution is 2.36. The number of methoxy groups -OCH3 is 1. The predicted octanol–water partition coefficient (Wildman–Crippen LogP) is 2.64. The van der Waals surface area contributed by atoms with Crippen LogP contribution in [-0.2, 0) is 20.9 Å². The van der Waals surface area contributed by atoms with Gasteiger partial charge in [-0.25, -0.2) is 8.42 Å². The number of rotatable bonds is 8. The molecular formula is C19H20F3N3O5S2. The van der Waals surface area contributed by atoms with Gasteiger partial charge in [0, 0.05) is 25.1 Å². The van der Waals surface area contributed by atoms with Crippen molar-refractivity contribution in [1.29, 1.82) is 0 Å². The molecule has 174 valence electrons. The van der Waals surface area contributed by atoms with Crippen LogP contribution in [0.15, 0.2) is 39.9 Å². The number of ether oxygens (including phenoxy) is 1. The summed E-state index contributed by atoms with van der Waals surface area (Å²) < 4.78 is 72.7. The van der Waals surface area contributed by atoms with Gasteiger partial charge >= 0.3 is 6.18 Å². The van der Waals surface area contributed by atoms with Crippen LogP contribution in [0.3, 0.4) is 0 Å². The van der Waals surface area contributed by atoms with Crippen molar-refractivity contribution in [1.82, 2.24) is 15.2 Å². The van der Waals surface area contributed by atoms with Crippen molar-refractivity contribution in [3.8, 4) is 0 Å². The summed E-state index contributed by atoms with van der Waals surface area (Å²) in [5, 5.41) is 3.10. The van der Waals surface area contributed by atoms with E-state index in [-0.39, 0.29) is 24.8 Å². The Kier molecular flexibility index (Phi) is 7.22. The van der Waals surface area contributed by atoms with Crippen molar-refractivity contribution in [2.45, 2.75) is 30.0 Å². The molecule has 1 aromatic heterocycles. The minimum Gasteiger partial charge on any atom is -0.383 e. The highest BCUT2D eigenvalue weighted by molar-refractivity contribution is 7.89. The maximum absolute atomic E-state index is 13.5. The number of benzene rings is 1. The zero-order chi connectivity index (χ0) is 23.5. The smallest absolute Gasteiger partial charge is 0.383 e. The maximum Gasteiger partial charge on any atom is 0.417 e. The molecule has 0 aliphatic heterocycles. The van der Waals surface area contributed by atoms with Gasteiger partial charge in [-0.15, -0.1) is 0 Å². The fourth-order valence-electron chi connectivity index (χ4n) is 2.94. The van der Waals surface area contributed by atoms with E-state index >= 15 is 0 Å². The Bertz CT molecular complexity index is 1080. The van der Waals surface area contributed by atoms with E-state index in [9.17, 15) is 31.2 Å². The monoisotopic (exact) mass is 491 g/mol. The highest BCUT2D eigenvalue weighted by atomic mass is 32.2. The van der Waals surface area contributed by atoms with Crippen LogP contribution in [0.2, 0.25) is 0 Å². The molecule has 1 aliphatic carbocycles. The Balaban J connectivity index is 1.90. The van der Waals surface area contributed by atoms with Gasteiger partial charge in [0.2, 0.25) is 10.0 Å². The fraction of sp³-hybridized carbons (Fsp3) is 0.368. The minimum atomic E-state index is -4.92. The molecule has 1 saturated carbocycles. The second kappa shape index (κ2) is 9.57. The Morgan fingerprint density at radius 3 is 2.44 bits per heavy atom. The molecule has 8 nitrogen and oxygen atoms in total. The highest BCUT2D eigenvalue weighted by Gasteiger charge is 2.40. The van der Waals surface area contributed by atoms with Gasteiger partial charge < -0.3 is 4.74 Å². The molecule has 13 heteroatoms. The fourth-order valence-corrected chi connectivity index (χ4v) is 5.28. The van der Waals surface area contributed by atoms with Crippen LogP contribution >= 0.6 is 11.3 Å². The van der Waals surface area contributed by atoms with Gasteiger partial charge in [-0.2, -0.15) is 28.8 Å². The number of sulfonamides is 1. The Morgan fingerprint density at radius 1 is 1.19 bits per heavy atom. The normalized spacial score (nSPS) is 14.4. The van der Waals surface area contributed by atoms with E-state index < -0.39 is 44.0 Å². The van der Waals surface area contributed by atoms with Crippen LogP contribution in [0.1, 0.15) is 39.1 Å². The second-order valence-electron chi connectivity index (χ2n) is 6.97. The summed E-state index contributed by atoms with van der Waals surface area (Å²) in [5.74, 6) is -2.02.